The minimum Gasteiger partial charge on any atom is -0.494 e. The summed E-state index contributed by atoms with van der Waals surface area (Å²) in [4.78, 5) is 0. The molecule has 0 saturated heterocycles. The van der Waals surface area contributed by atoms with Crippen molar-refractivity contribution in [2.24, 2.45) is 5.92 Å². The summed E-state index contributed by atoms with van der Waals surface area (Å²) in [6.45, 7) is 6.04. The van der Waals surface area contributed by atoms with Gasteiger partial charge < -0.3 is 14.6 Å². The molecule has 0 aliphatic heterocycles. The molecule has 2 unspecified atom stereocenters. The monoisotopic (exact) mass is 342 g/mol. The van der Waals surface area contributed by atoms with Crippen LogP contribution in [0.4, 0.5) is 0 Å². The van der Waals surface area contributed by atoms with Crippen LogP contribution >= 0.6 is 0 Å². The first-order valence-electron chi connectivity index (χ1n) is 9.23. The fraction of sp³-hybridized carbons (Fsp3) is 0.455. The lowest BCUT2D eigenvalue weighted by molar-refractivity contribution is 0.0172. The highest BCUT2D eigenvalue weighted by molar-refractivity contribution is 5.63. The highest BCUT2D eigenvalue weighted by Crippen LogP contribution is 2.22. The van der Waals surface area contributed by atoms with Gasteiger partial charge in [0.05, 0.1) is 19.3 Å². The second-order valence-corrected chi connectivity index (χ2v) is 6.59. The van der Waals surface area contributed by atoms with Gasteiger partial charge in [-0.1, -0.05) is 62.7 Å². The Kier molecular flexibility index (Phi) is 8.50. The molecule has 0 aliphatic rings. The predicted molar refractivity (Wildman–Crippen MR) is 103 cm³/mol. The molecule has 3 heteroatoms. The molecule has 136 valence electrons. The molecule has 25 heavy (non-hydrogen) atoms. The molecule has 2 aromatic rings. The van der Waals surface area contributed by atoms with Gasteiger partial charge in [-0.15, -0.1) is 0 Å². The third kappa shape index (κ3) is 7.29. The van der Waals surface area contributed by atoms with Crippen molar-refractivity contribution >= 4 is 0 Å². The molecule has 2 rings (SSSR count). The number of rotatable bonds is 11. The zero-order valence-electron chi connectivity index (χ0n) is 15.4. The molecule has 3 nitrogen and oxygen atoms in total. The van der Waals surface area contributed by atoms with Gasteiger partial charge in [-0.2, -0.15) is 0 Å². The van der Waals surface area contributed by atoms with Gasteiger partial charge in [0.15, 0.2) is 0 Å². The maximum Gasteiger partial charge on any atom is 0.119 e. The van der Waals surface area contributed by atoms with E-state index < -0.39 is 6.10 Å². The highest BCUT2D eigenvalue weighted by Gasteiger charge is 2.06. The third-order valence-electron chi connectivity index (χ3n) is 4.32. The van der Waals surface area contributed by atoms with Crippen LogP contribution in [-0.4, -0.2) is 31.0 Å². The van der Waals surface area contributed by atoms with Crippen molar-refractivity contribution in [2.75, 3.05) is 19.8 Å². The van der Waals surface area contributed by atoms with E-state index in [1.165, 1.54) is 11.1 Å². The molecule has 0 fully saturated rings. The molecular formula is C22H30O3. The van der Waals surface area contributed by atoms with Crippen LogP contribution in [0, 0.1) is 5.92 Å². The van der Waals surface area contributed by atoms with E-state index in [0.717, 1.165) is 25.2 Å². The van der Waals surface area contributed by atoms with E-state index in [0.29, 0.717) is 25.6 Å². The lowest BCUT2D eigenvalue weighted by atomic mass is 10.1. The van der Waals surface area contributed by atoms with Gasteiger partial charge in [-0.25, -0.2) is 0 Å². The van der Waals surface area contributed by atoms with Crippen LogP contribution in [0.25, 0.3) is 11.1 Å². The van der Waals surface area contributed by atoms with Gasteiger partial charge in [-0.05, 0) is 42.0 Å². The van der Waals surface area contributed by atoms with Crippen LogP contribution in [-0.2, 0) is 4.74 Å². The standard InChI is InChI=1S/C22H30O3/c1-3-18(2)16-24-17-21(23)10-7-15-25-22-13-11-20(12-14-22)19-8-5-4-6-9-19/h4-6,8-9,11-14,18,21,23H,3,7,10,15-17H2,1-2H3. The molecule has 0 heterocycles. The van der Waals surface area contributed by atoms with Crippen LogP contribution in [0.3, 0.4) is 0 Å². The summed E-state index contributed by atoms with van der Waals surface area (Å²) in [6, 6.07) is 18.4. The van der Waals surface area contributed by atoms with Crippen LogP contribution in [0.5, 0.6) is 5.75 Å². The molecule has 2 atom stereocenters. The fourth-order valence-corrected chi connectivity index (χ4v) is 2.49. The average Bonchev–Trinajstić information content (AvgIpc) is 2.66. The second-order valence-electron chi connectivity index (χ2n) is 6.59. The van der Waals surface area contributed by atoms with Crippen molar-refractivity contribution in [1.82, 2.24) is 0 Å². The quantitative estimate of drug-likeness (QED) is 0.588. The van der Waals surface area contributed by atoms with Gasteiger partial charge >= 0.3 is 0 Å². The summed E-state index contributed by atoms with van der Waals surface area (Å²) in [6.07, 6.45) is 2.21. The van der Waals surface area contributed by atoms with Crippen LogP contribution in [0.15, 0.2) is 54.6 Å². The zero-order valence-corrected chi connectivity index (χ0v) is 15.4. The van der Waals surface area contributed by atoms with E-state index in [4.69, 9.17) is 9.47 Å². The zero-order chi connectivity index (χ0) is 17.9. The van der Waals surface area contributed by atoms with Crippen molar-refractivity contribution in [3.05, 3.63) is 54.6 Å². The first-order valence-corrected chi connectivity index (χ1v) is 9.23. The summed E-state index contributed by atoms with van der Waals surface area (Å²) in [7, 11) is 0. The maximum absolute atomic E-state index is 9.91. The first-order chi connectivity index (χ1) is 12.2. The molecule has 2 aromatic carbocycles. The Morgan fingerprint density at radius 3 is 2.28 bits per heavy atom. The third-order valence-corrected chi connectivity index (χ3v) is 4.32. The minimum atomic E-state index is -0.409. The summed E-state index contributed by atoms with van der Waals surface area (Å²) >= 11 is 0. The van der Waals surface area contributed by atoms with Gasteiger partial charge in [0.2, 0.25) is 0 Å². The largest absolute Gasteiger partial charge is 0.494 e. The smallest absolute Gasteiger partial charge is 0.119 e. The molecule has 0 radical (unpaired) electrons. The van der Waals surface area contributed by atoms with E-state index in [1.54, 1.807) is 0 Å². The average molecular weight is 342 g/mol. The lowest BCUT2D eigenvalue weighted by Gasteiger charge is -2.14. The first kappa shape index (κ1) is 19.5. The normalized spacial score (nSPS) is 13.4. The number of hydrogen-bond donors (Lipinski definition) is 1. The molecule has 0 saturated carbocycles. The minimum absolute atomic E-state index is 0.409. The van der Waals surface area contributed by atoms with Crippen LogP contribution < -0.4 is 4.74 Å². The molecule has 0 amide bonds. The SMILES string of the molecule is CCC(C)COCC(O)CCCOc1ccc(-c2ccccc2)cc1. The summed E-state index contributed by atoms with van der Waals surface area (Å²) in [5.74, 6) is 1.41. The maximum atomic E-state index is 9.91. The van der Waals surface area contributed by atoms with Crippen molar-refractivity contribution < 1.29 is 14.6 Å². The Morgan fingerprint density at radius 1 is 0.920 bits per heavy atom. The van der Waals surface area contributed by atoms with Gasteiger partial charge in [0.25, 0.3) is 0 Å². The second kappa shape index (κ2) is 10.9. The van der Waals surface area contributed by atoms with Gasteiger partial charge in [0.1, 0.15) is 5.75 Å². The summed E-state index contributed by atoms with van der Waals surface area (Å²) < 4.78 is 11.3. The Balaban J connectivity index is 1.63. The summed E-state index contributed by atoms with van der Waals surface area (Å²) in [5.41, 5.74) is 2.39. The van der Waals surface area contributed by atoms with E-state index >= 15 is 0 Å². The number of aliphatic hydroxyl groups excluding tert-OH is 1. The molecule has 1 N–H and O–H groups in total. The van der Waals surface area contributed by atoms with Crippen LogP contribution in [0.1, 0.15) is 33.1 Å². The topological polar surface area (TPSA) is 38.7 Å². The van der Waals surface area contributed by atoms with Crippen molar-refractivity contribution in [2.45, 2.75) is 39.2 Å². The van der Waals surface area contributed by atoms with E-state index in [-0.39, 0.29) is 0 Å². The van der Waals surface area contributed by atoms with E-state index in [9.17, 15) is 5.11 Å². The van der Waals surface area contributed by atoms with E-state index in [2.05, 4.69) is 38.1 Å². The Hall–Kier alpha value is -1.84. The number of hydrogen-bond acceptors (Lipinski definition) is 3. The molecule has 0 aromatic heterocycles. The number of aliphatic hydroxyl groups is 1. The Morgan fingerprint density at radius 2 is 1.60 bits per heavy atom. The molecule has 0 aliphatic carbocycles. The van der Waals surface area contributed by atoms with E-state index in [1.807, 2.05) is 30.3 Å². The van der Waals surface area contributed by atoms with Crippen LogP contribution in [0.2, 0.25) is 0 Å². The van der Waals surface area contributed by atoms with Crippen molar-refractivity contribution in [1.29, 1.82) is 0 Å². The van der Waals surface area contributed by atoms with Crippen molar-refractivity contribution in [3.63, 3.8) is 0 Å². The molecule has 0 spiro atoms. The predicted octanol–water partition coefficient (Wildman–Crippen LogP) is 4.94. The molecule has 0 bridgehead atoms. The number of ether oxygens (including phenoxy) is 2. The van der Waals surface area contributed by atoms with Crippen molar-refractivity contribution in [3.8, 4) is 16.9 Å². The fourth-order valence-electron chi connectivity index (χ4n) is 2.49. The Bertz CT molecular complexity index is 580. The summed E-state index contributed by atoms with van der Waals surface area (Å²) in [5, 5.41) is 9.91. The van der Waals surface area contributed by atoms with Gasteiger partial charge in [0, 0.05) is 6.61 Å². The van der Waals surface area contributed by atoms with Gasteiger partial charge in [-0.3, -0.25) is 0 Å². The lowest BCUT2D eigenvalue weighted by Crippen LogP contribution is -2.18. The number of benzene rings is 2. The Labute approximate surface area is 151 Å². The highest BCUT2D eigenvalue weighted by atomic mass is 16.5. The molecular weight excluding hydrogens is 312 g/mol.